The van der Waals surface area contributed by atoms with Gasteiger partial charge in [0.2, 0.25) is 0 Å². The number of hydrogen-bond acceptors (Lipinski definition) is 2. The van der Waals surface area contributed by atoms with Crippen molar-refractivity contribution in [1.29, 1.82) is 0 Å². The normalized spacial score (nSPS) is 28.3. The van der Waals surface area contributed by atoms with Gasteiger partial charge in [-0.1, -0.05) is 36.7 Å². The van der Waals surface area contributed by atoms with E-state index >= 15 is 0 Å². The number of benzene rings is 1. The summed E-state index contributed by atoms with van der Waals surface area (Å²) < 4.78 is 6.13. The summed E-state index contributed by atoms with van der Waals surface area (Å²) in [6.07, 6.45) is 4.55. The number of halogens is 1. The Morgan fingerprint density at radius 3 is 2.61 bits per heavy atom. The molecule has 100 valence electrons. The van der Waals surface area contributed by atoms with E-state index in [0.717, 1.165) is 29.3 Å². The molecule has 1 aliphatic carbocycles. The molecule has 2 N–H and O–H groups in total. The van der Waals surface area contributed by atoms with Crippen LogP contribution in [0.3, 0.4) is 0 Å². The highest BCUT2D eigenvalue weighted by Crippen LogP contribution is 2.35. The van der Waals surface area contributed by atoms with Gasteiger partial charge in [0.1, 0.15) is 0 Å². The minimum absolute atomic E-state index is 0.133. The van der Waals surface area contributed by atoms with Crippen LogP contribution in [0.15, 0.2) is 24.3 Å². The molecule has 18 heavy (non-hydrogen) atoms. The molecule has 0 aromatic heterocycles. The van der Waals surface area contributed by atoms with Crippen LogP contribution in [0.5, 0.6) is 0 Å². The molecule has 0 radical (unpaired) electrons. The Morgan fingerprint density at radius 1 is 1.33 bits per heavy atom. The Hall–Kier alpha value is -0.570. The Labute approximate surface area is 114 Å². The molecule has 0 atom stereocenters. The lowest BCUT2D eigenvalue weighted by atomic mass is 9.79. The van der Waals surface area contributed by atoms with E-state index in [1.54, 1.807) is 0 Å². The maximum absolute atomic E-state index is 6.14. The standard InChI is InChI=1S/C15H22ClNO/c1-12-6-8-15(11-17,9-7-12)18-10-13-4-2-3-5-14(13)16/h2-5,12H,6-11,17H2,1H3. The monoisotopic (exact) mass is 267 g/mol. The Bertz CT molecular complexity index is 386. The maximum atomic E-state index is 6.14. The van der Waals surface area contributed by atoms with Gasteiger partial charge in [-0.05, 0) is 43.2 Å². The first-order valence-electron chi connectivity index (χ1n) is 6.73. The predicted molar refractivity (Wildman–Crippen MR) is 75.7 cm³/mol. The fourth-order valence-electron chi connectivity index (χ4n) is 2.54. The van der Waals surface area contributed by atoms with Crippen molar-refractivity contribution in [3.63, 3.8) is 0 Å². The van der Waals surface area contributed by atoms with E-state index < -0.39 is 0 Å². The van der Waals surface area contributed by atoms with E-state index in [2.05, 4.69) is 6.92 Å². The van der Waals surface area contributed by atoms with Gasteiger partial charge in [-0.3, -0.25) is 0 Å². The maximum Gasteiger partial charge on any atom is 0.0808 e. The second kappa shape index (κ2) is 6.05. The van der Waals surface area contributed by atoms with Crippen LogP contribution in [0.25, 0.3) is 0 Å². The lowest BCUT2D eigenvalue weighted by Gasteiger charge is -2.38. The van der Waals surface area contributed by atoms with Gasteiger partial charge in [0, 0.05) is 11.6 Å². The van der Waals surface area contributed by atoms with Crippen LogP contribution in [-0.4, -0.2) is 12.1 Å². The van der Waals surface area contributed by atoms with E-state index in [4.69, 9.17) is 22.1 Å². The van der Waals surface area contributed by atoms with Gasteiger partial charge in [0.05, 0.1) is 12.2 Å². The second-order valence-electron chi connectivity index (χ2n) is 5.45. The Balaban J connectivity index is 1.97. The summed E-state index contributed by atoms with van der Waals surface area (Å²) in [4.78, 5) is 0. The summed E-state index contributed by atoms with van der Waals surface area (Å²) in [5, 5.41) is 0.772. The molecule has 1 saturated carbocycles. The summed E-state index contributed by atoms with van der Waals surface area (Å²) in [6.45, 7) is 3.46. The van der Waals surface area contributed by atoms with Crippen molar-refractivity contribution >= 4 is 11.6 Å². The lowest BCUT2D eigenvalue weighted by Crippen LogP contribution is -2.43. The van der Waals surface area contributed by atoms with Crippen molar-refractivity contribution in [2.45, 2.75) is 44.8 Å². The number of ether oxygens (including phenoxy) is 1. The molecule has 1 aliphatic rings. The van der Waals surface area contributed by atoms with Gasteiger partial charge >= 0.3 is 0 Å². The van der Waals surface area contributed by atoms with Gasteiger partial charge in [-0.2, -0.15) is 0 Å². The molecule has 0 aliphatic heterocycles. The van der Waals surface area contributed by atoms with Crippen molar-refractivity contribution in [1.82, 2.24) is 0 Å². The van der Waals surface area contributed by atoms with Crippen molar-refractivity contribution in [2.24, 2.45) is 11.7 Å². The molecule has 0 amide bonds. The summed E-state index contributed by atoms with van der Waals surface area (Å²) in [5.74, 6) is 0.800. The highest BCUT2D eigenvalue weighted by atomic mass is 35.5. The molecule has 1 fully saturated rings. The van der Waals surface area contributed by atoms with Crippen molar-refractivity contribution in [3.05, 3.63) is 34.9 Å². The van der Waals surface area contributed by atoms with Gasteiger partial charge in [0.25, 0.3) is 0 Å². The molecule has 0 saturated heterocycles. The van der Waals surface area contributed by atoms with Crippen LogP contribution < -0.4 is 5.73 Å². The minimum Gasteiger partial charge on any atom is -0.369 e. The summed E-state index contributed by atoms with van der Waals surface area (Å²) in [7, 11) is 0. The van der Waals surface area contributed by atoms with Gasteiger partial charge in [-0.15, -0.1) is 0 Å². The van der Waals surface area contributed by atoms with Crippen LogP contribution in [0.1, 0.15) is 38.2 Å². The number of nitrogens with two attached hydrogens (primary N) is 1. The lowest BCUT2D eigenvalue weighted by molar-refractivity contribution is -0.0799. The smallest absolute Gasteiger partial charge is 0.0808 e. The van der Waals surface area contributed by atoms with E-state index in [9.17, 15) is 0 Å². The molecule has 2 nitrogen and oxygen atoms in total. The van der Waals surface area contributed by atoms with Gasteiger partial charge in [0.15, 0.2) is 0 Å². The van der Waals surface area contributed by atoms with Gasteiger partial charge < -0.3 is 10.5 Å². The van der Waals surface area contributed by atoms with Crippen LogP contribution in [0.4, 0.5) is 0 Å². The predicted octanol–water partition coefficient (Wildman–Crippen LogP) is 3.76. The molecule has 1 aromatic rings. The number of hydrogen-bond donors (Lipinski definition) is 1. The van der Waals surface area contributed by atoms with Crippen LogP contribution >= 0.6 is 11.6 Å². The summed E-state index contributed by atoms with van der Waals surface area (Å²) in [6, 6.07) is 7.84. The Morgan fingerprint density at radius 2 is 2.00 bits per heavy atom. The third-order valence-corrected chi connectivity index (χ3v) is 4.42. The first-order valence-corrected chi connectivity index (χ1v) is 7.10. The quantitative estimate of drug-likeness (QED) is 0.901. The summed E-state index contributed by atoms with van der Waals surface area (Å²) in [5.41, 5.74) is 6.84. The SMILES string of the molecule is CC1CCC(CN)(OCc2ccccc2Cl)CC1. The third-order valence-electron chi connectivity index (χ3n) is 4.05. The highest BCUT2D eigenvalue weighted by Gasteiger charge is 2.33. The first-order chi connectivity index (χ1) is 8.65. The zero-order valence-electron chi connectivity index (χ0n) is 11.0. The fraction of sp³-hybridized carbons (Fsp3) is 0.600. The number of rotatable bonds is 4. The Kier molecular flexibility index (Phi) is 4.66. The van der Waals surface area contributed by atoms with Crippen molar-refractivity contribution < 1.29 is 4.74 Å². The van der Waals surface area contributed by atoms with E-state index in [1.807, 2.05) is 24.3 Å². The molecule has 0 spiro atoms. The third kappa shape index (κ3) is 3.25. The van der Waals surface area contributed by atoms with Gasteiger partial charge in [-0.25, -0.2) is 0 Å². The van der Waals surface area contributed by atoms with Crippen molar-refractivity contribution in [2.75, 3.05) is 6.54 Å². The first kappa shape index (κ1) is 13.9. The molecular weight excluding hydrogens is 246 g/mol. The molecule has 3 heteroatoms. The molecule has 1 aromatic carbocycles. The molecule has 0 unspecified atom stereocenters. The van der Waals surface area contributed by atoms with E-state index in [-0.39, 0.29) is 5.60 Å². The van der Waals surface area contributed by atoms with Crippen LogP contribution in [0, 0.1) is 5.92 Å². The highest BCUT2D eigenvalue weighted by molar-refractivity contribution is 6.31. The second-order valence-corrected chi connectivity index (χ2v) is 5.86. The zero-order valence-corrected chi connectivity index (χ0v) is 11.7. The van der Waals surface area contributed by atoms with E-state index in [0.29, 0.717) is 13.2 Å². The largest absolute Gasteiger partial charge is 0.369 e. The summed E-state index contributed by atoms with van der Waals surface area (Å²) >= 11 is 6.14. The molecule has 0 heterocycles. The average Bonchev–Trinajstić information content (AvgIpc) is 2.40. The zero-order chi connectivity index (χ0) is 13.0. The molecule has 2 rings (SSSR count). The van der Waals surface area contributed by atoms with Crippen LogP contribution in [0.2, 0.25) is 5.02 Å². The fourth-order valence-corrected chi connectivity index (χ4v) is 2.73. The van der Waals surface area contributed by atoms with Crippen LogP contribution in [-0.2, 0) is 11.3 Å². The van der Waals surface area contributed by atoms with E-state index in [1.165, 1.54) is 12.8 Å². The molecular formula is C15H22ClNO. The minimum atomic E-state index is -0.133. The average molecular weight is 268 g/mol. The topological polar surface area (TPSA) is 35.2 Å². The van der Waals surface area contributed by atoms with Crippen molar-refractivity contribution in [3.8, 4) is 0 Å². The molecule has 0 bridgehead atoms.